The van der Waals surface area contributed by atoms with Gasteiger partial charge in [-0.1, -0.05) is 15.9 Å². The number of aromatic hydroxyl groups is 1. The van der Waals surface area contributed by atoms with Crippen molar-refractivity contribution in [1.29, 1.82) is 0 Å². The van der Waals surface area contributed by atoms with Gasteiger partial charge < -0.3 is 10.8 Å². The molecule has 0 aliphatic carbocycles. The Balaban J connectivity index is 3.33. The predicted molar refractivity (Wildman–Crippen MR) is 56.7 cm³/mol. The second kappa shape index (κ2) is 4.28. The van der Waals surface area contributed by atoms with Gasteiger partial charge in [-0.3, -0.25) is 10.1 Å². The number of nitrogen functional groups attached to an aromatic ring is 1. The fourth-order valence-electron chi connectivity index (χ4n) is 1.20. The quantitative estimate of drug-likeness (QED) is 0.285. The van der Waals surface area contributed by atoms with Crippen LogP contribution in [0.15, 0.2) is 12.1 Å². The number of nitro groups is 1. The third-order valence-electron chi connectivity index (χ3n) is 1.82. The Morgan fingerprint density at radius 2 is 2.21 bits per heavy atom. The molecule has 0 bridgehead atoms. The van der Waals surface area contributed by atoms with Crippen molar-refractivity contribution < 1.29 is 10.0 Å². The molecule has 5 nitrogen and oxygen atoms in total. The van der Waals surface area contributed by atoms with E-state index in [-0.39, 0.29) is 11.4 Å². The van der Waals surface area contributed by atoms with E-state index in [2.05, 4.69) is 15.9 Å². The average Bonchev–Trinajstić information content (AvgIpc) is 2.11. The summed E-state index contributed by atoms with van der Waals surface area (Å²) in [5.74, 6) is -0.347. The Kier molecular flexibility index (Phi) is 3.29. The van der Waals surface area contributed by atoms with E-state index in [1.54, 1.807) is 0 Å². The number of anilines is 1. The molecule has 6 heteroatoms. The van der Waals surface area contributed by atoms with Gasteiger partial charge in [-0.05, 0) is 18.6 Å². The van der Waals surface area contributed by atoms with Gasteiger partial charge in [0.1, 0.15) is 0 Å². The highest BCUT2D eigenvalue weighted by molar-refractivity contribution is 9.09. The molecule has 0 spiro atoms. The number of phenolic OH excluding ortho intramolecular Hbond substituents is 1. The van der Waals surface area contributed by atoms with Gasteiger partial charge in [0.25, 0.3) is 0 Å². The second-order valence-corrected chi connectivity index (χ2v) is 3.49. The van der Waals surface area contributed by atoms with Crippen LogP contribution >= 0.6 is 15.9 Å². The predicted octanol–water partition coefficient (Wildman–Crippen LogP) is 1.82. The van der Waals surface area contributed by atoms with E-state index in [1.807, 2.05) is 0 Å². The van der Waals surface area contributed by atoms with Crippen LogP contribution in [0.2, 0.25) is 0 Å². The van der Waals surface area contributed by atoms with E-state index < -0.39 is 4.92 Å². The SMILES string of the molecule is Nc1ccc(O)c([N+](=O)[O-])c1CCBr. The van der Waals surface area contributed by atoms with Gasteiger partial charge in [-0.15, -0.1) is 0 Å². The lowest BCUT2D eigenvalue weighted by atomic mass is 10.1. The number of rotatable bonds is 3. The molecule has 0 amide bonds. The van der Waals surface area contributed by atoms with Crippen LogP contribution in [0.25, 0.3) is 0 Å². The summed E-state index contributed by atoms with van der Waals surface area (Å²) in [4.78, 5) is 10.0. The number of nitrogens with two attached hydrogens (primary N) is 1. The molecule has 1 aromatic carbocycles. The summed E-state index contributed by atoms with van der Waals surface area (Å²) in [5, 5.41) is 20.5. The summed E-state index contributed by atoms with van der Waals surface area (Å²) in [6.45, 7) is 0. The maximum Gasteiger partial charge on any atom is 0.315 e. The highest BCUT2D eigenvalue weighted by Gasteiger charge is 2.21. The Labute approximate surface area is 88.8 Å². The zero-order valence-corrected chi connectivity index (χ0v) is 8.82. The molecule has 0 radical (unpaired) electrons. The number of hydrogen-bond acceptors (Lipinski definition) is 4. The smallest absolute Gasteiger partial charge is 0.315 e. The van der Waals surface area contributed by atoms with Crippen molar-refractivity contribution in [2.75, 3.05) is 11.1 Å². The third-order valence-corrected chi connectivity index (χ3v) is 2.22. The highest BCUT2D eigenvalue weighted by Crippen LogP contribution is 2.34. The second-order valence-electron chi connectivity index (χ2n) is 2.70. The van der Waals surface area contributed by atoms with Crippen molar-refractivity contribution in [3.8, 4) is 5.75 Å². The molecule has 0 saturated carbocycles. The monoisotopic (exact) mass is 260 g/mol. The van der Waals surface area contributed by atoms with Crippen LogP contribution in [0, 0.1) is 10.1 Å². The molecule has 14 heavy (non-hydrogen) atoms. The molecule has 3 N–H and O–H groups in total. The number of nitro benzene ring substituents is 1. The molecule has 0 aliphatic heterocycles. The van der Waals surface area contributed by atoms with Crippen molar-refractivity contribution in [1.82, 2.24) is 0 Å². The standard InChI is InChI=1S/C8H9BrN2O3/c9-4-3-5-6(10)1-2-7(12)8(5)11(13)14/h1-2,12H,3-4,10H2. The molecule has 1 aromatic rings. The third kappa shape index (κ3) is 1.95. The molecule has 0 saturated heterocycles. The van der Waals surface area contributed by atoms with Crippen molar-refractivity contribution in [3.63, 3.8) is 0 Å². The van der Waals surface area contributed by atoms with Crippen LogP contribution in [0.4, 0.5) is 11.4 Å². The Morgan fingerprint density at radius 1 is 1.57 bits per heavy atom. The number of nitrogens with zero attached hydrogens (tertiary/aromatic N) is 1. The van der Waals surface area contributed by atoms with E-state index in [4.69, 9.17) is 5.73 Å². The summed E-state index contributed by atoms with van der Waals surface area (Å²) in [6, 6.07) is 2.69. The molecule has 0 aromatic heterocycles. The first-order chi connectivity index (χ1) is 6.57. The first kappa shape index (κ1) is 10.8. The van der Waals surface area contributed by atoms with Crippen LogP contribution < -0.4 is 5.73 Å². The summed E-state index contributed by atoms with van der Waals surface area (Å²) in [5.41, 5.74) is 5.97. The first-order valence-corrected chi connectivity index (χ1v) is 5.00. The number of hydrogen-bond donors (Lipinski definition) is 2. The van der Waals surface area contributed by atoms with Gasteiger partial charge in [0.15, 0.2) is 5.75 Å². The van der Waals surface area contributed by atoms with Crippen LogP contribution in [-0.4, -0.2) is 15.4 Å². The number of phenols is 1. The van der Waals surface area contributed by atoms with E-state index >= 15 is 0 Å². The summed E-state index contributed by atoms with van der Waals surface area (Å²) in [7, 11) is 0. The van der Waals surface area contributed by atoms with Crippen LogP contribution in [0.1, 0.15) is 5.56 Å². The zero-order chi connectivity index (χ0) is 10.7. The number of halogens is 1. The van der Waals surface area contributed by atoms with E-state index in [9.17, 15) is 15.2 Å². The number of alkyl halides is 1. The lowest BCUT2D eigenvalue weighted by Crippen LogP contribution is -2.01. The van der Waals surface area contributed by atoms with Crippen LogP contribution in [0.3, 0.4) is 0 Å². The van der Waals surface area contributed by atoms with Gasteiger partial charge >= 0.3 is 5.69 Å². The zero-order valence-electron chi connectivity index (χ0n) is 7.24. The minimum atomic E-state index is -0.621. The summed E-state index contributed by atoms with van der Waals surface area (Å²) in [6.07, 6.45) is 0.413. The Hall–Kier alpha value is -1.30. The van der Waals surface area contributed by atoms with Crippen molar-refractivity contribution in [2.24, 2.45) is 0 Å². The molecule has 1 rings (SSSR count). The van der Waals surface area contributed by atoms with Gasteiger partial charge in [0, 0.05) is 11.0 Å². The Bertz CT molecular complexity index is 368. The Morgan fingerprint density at radius 3 is 2.71 bits per heavy atom. The van der Waals surface area contributed by atoms with Crippen LogP contribution in [0.5, 0.6) is 5.75 Å². The topological polar surface area (TPSA) is 89.4 Å². The molecule has 76 valence electrons. The van der Waals surface area contributed by atoms with Gasteiger partial charge in [0.05, 0.1) is 10.5 Å². The molecule has 0 fully saturated rings. The number of benzene rings is 1. The largest absolute Gasteiger partial charge is 0.502 e. The normalized spacial score (nSPS) is 10.1. The van der Waals surface area contributed by atoms with Crippen molar-refractivity contribution >= 4 is 27.3 Å². The molecule has 0 atom stereocenters. The molecule has 0 heterocycles. The van der Waals surface area contributed by atoms with E-state index in [0.29, 0.717) is 23.0 Å². The summed E-state index contributed by atoms with van der Waals surface area (Å²) >= 11 is 3.17. The molecule has 0 unspecified atom stereocenters. The lowest BCUT2D eigenvalue weighted by molar-refractivity contribution is -0.386. The van der Waals surface area contributed by atoms with Crippen molar-refractivity contribution in [2.45, 2.75) is 6.42 Å². The summed E-state index contributed by atoms with van der Waals surface area (Å²) < 4.78 is 0. The van der Waals surface area contributed by atoms with Gasteiger partial charge in [0.2, 0.25) is 0 Å². The van der Waals surface area contributed by atoms with E-state index in [0.717, 1.165) is 0 Å². The maximum atomic E-state index is 10.6. The van der Waals surface area contributed by atoms with Crippen molar-refractivity contribution in [3.05, 3.63) is 27.8 Å². The maximum absolute atomic E-state index is 10.6. The molecular weight excluding hydrogens is 252 g/mol. The minimum absolute atomic E-state index is 0.301. The van der Waals surface area contributed by atoms with E-state index in [1.165, 1.54) is 12.1 Å². The van der Waals surface area contributed by atoms with Gasteiger partial charge in [-0.25, -0.2) is 0 Å². The highest BCUT2D eigenvalue weighted by atomic mass is 79.9. The minimum Gasteiger partial charge on any atom is -0.502 e. The molecule has 0 aliphatic rings. The van der Waals surface area contributed by atoms with Crippen LogP contribution in [-0.2, 0) is 6.42 Å². The molecular formula is C8H9BrN2O3. The fourth-order valence-corrected chi connectivity index (χ4v) is 1.60. The first-order valence-electron chi connectivity index (χ1n) is 3.88. The van der Waals surface area contributed by atoms with Gasteiger partial charge in [-0.2, -0.15) is 0 Å². The fraction of sp³-hybridized carbons (Fsp3) is 0.250. The average molecular weight is 261 g/mol. The lowest BCUT2D eigenvalue weighted by Gasteiger charge is -2.05.